The van der Waals surface area contributed by atoms with E-state index in [0.717, 1.165) is 5.71 Å². The van der Waals surface area contributed by atoms with Crippen LogP contribution in [0.1, 0.15) is 25.8 Å². The maximum Gasteiger partial charge on any atom is 0.294 e. The molecule has 7 nitrogen and oxygen atoms in total. The van der Waals surface area contributed by atoms with Crippen molar-refractivity contribution in [3.63, 3.8) is 0 Å². The largest absolute Gasteiger partial charge is 0.294 e. The van der Waals surface area contributed by atoms with Crippen LogP contribution in [0.3, 0.4) is 0 Å². The molecule has 1 aromatic carbocycles. The van der Waals surface area contributed by atoms with Gasteiger partial charge in [0.05, 0.1) is 10.6 Å². The maximum absolute atomic E-state index is 11.1. The summed E-state index contributed by atoms with van der Waals surface area (Å²) in [7, 11) is -8.27. The molecule has 1 rings (SSSR count). The van der Waals surface area contributed by atoms with E-state index in [4.69, 9.17) is 9.11 Å². The molecule has 2 N–H and O–H groups in total. The number of hydrogen-bond acceptors (Lipinski definition) is 4. The Bertz CT molecular complexity index is 790. The topological polar surface area (TPSA) is 112 Å². The molecule has 0 aliphatic rings. The van der Waals surface area contributed by atoms with Crippen LogP contribution in [0, 0.1) is 6.92 Å². The van der Waals surface area contributed by atoms with Crippen LogP contribution in [0.4, 0.5) is 5.69 Å². The number of rotatable bonds is 6. The quantitative estimate of drug-likeness (QED) is 0.458. The molecule has 0 spiro atoms. The van der Waals surface area contributed by atoms with Gasteiger partial charge in [0, 0.05) is 31.9 Å². The van der Waals surface area contributed by atoms with Crippen LogP contribution < -0.4 is 0 Å². The molecule has 0 aromatic heterocycles. The van der Waals surface area contributed by atoms with E-state index in [0.29, 0.717) is 17.8 Å². The van der Waals surface area contributed by atoms with Crippen molar-refractivity contribution in [1.82, 2.24) is 0 Å². The van der Waals surface area contributed by atoms with Gasteiger partial charge in [-0.2, -0.15) is 16.8 Å². The van der Waals surface area contributed by atoms with Gasteiger partial charge in [-0.3, -0.25) is 9.11 Å². The molecule has 0 heterocycles. The van der Waals surface area contributed by atoms with E-state index in [2.05, 4.69) is 0 Å². The van der Waals surface area contributed by atoms with Crippen molar-refractivity contribution in [2.45, 2.75) is 32.1 Å². The van der Waals surface area contributed by atoms with Crippen LogP contribution >= 0.6 is 0 Å². The highest BCUT2D eigenvalue weighted by atomic mass is 32.2. The van der Waals surface area contributed by atoms with E-state index in [1.54, 1.807) is 13.0 Å². The first kappa shape index (κ1) is 18.8. The normalized spacial score (nSPS) is 12.2. The van der Waals surface area contributed by atoms with Crippen LogP contribution in [0.15, 0.2) is 23.1 Å². The van der Waals surface area contributed by atoms with Gasteiger partial charge in [0.25, 0.3) is 20.2 Å². The first-order chi connectivity index (χ1) is 9.92. The van der Waals surface area contributed by atoms with E-state index < -0.39 is 20.2 Å². The minimum absolute atomic E-state index is 0.194. The molecule has 0 fully saturated rings. The Hall–Kier alpha value is -1.29. The SMILES string of the molecule is CC(C)=[N+](CCCS(=O)(=O)O)c1ccc(S(=O)(=O)O)cc1C. The predicted octanol–water partition coefficient (Wildman–Crippen LogP) is 1.64. The monoisotopic (exact) mass is 350 g/mol. The summed E-state index contributed by atoms with van der Waals surface area (Å²) >= 11 is 0. The summed E-state index contributed by atoms with van der Waals surface area (Å²) in [5.74, 6) is -0.348. The second kappa shape index (κ2) is 6.86. The zero-order chi connectivity index (χ0) is 17.1. The molecule has 0 bridgehead atoms. The van der Waals surface area contributed by atoms with Crippen molar-refractivity contribution < 1.29 is 30.5 Å². The third-order valence-corrected chi connectivity index (χ3v) is 4.73. The van der Waals surface area contributed by atoms with Crippen molar-refractivity contribution >= 4 is 31.6 Å². The van der Waals surface area contributed by atoms with Crippen LogP contribution in [-0.4, -0.2) is 48.5 Å². The van der Waals surface area contributed by atoms with Gasteiger partial charge in [-0.05, 0) is 19.1 Å². The zero-order valence-corrected chi connectivity index (χ0v) is 14.3. The van der Waals surface area contributed by atoms with Gasteiger partial charge in [0.2, 0.25) is 5.69 Å². The van der Waals surface area contributed by atoms with Gasteiger partial charge in [0.15, 0.2) is 5.71 Å². The highest BCUT2D eigenvalue weighted by molar-refractivity contribution is 7.86. The van der Waals surface area contributed by atoms with Gasteiger partial charge in [-0.1, -0.05) is 0 Å². The van der Waals surface area contributed by atoms with Crippen LogP contribution in [0.2, 0.25) is 0 Å². The lowest BCUT2D eigenvalue weighted by atomic mass is 10.2. The lowest BCUT2D eigenvalue weighted by Crippen LogP contribution is -2.18. The molecular weight excluding hydrogens is 330 g/mol. The summed E-state index contributed by atoms with van der Waals surface area (Å²) < 4.78 is 63.4. The van der Waals surface area contributed by atoms with Gasteiger partial charge < -0.3 is 0 Å². The summed E-state index contributed by atoms with van der Waals surface area (Å²) in [6, 6.07) is 4.19. The summed E-state index contributed by atoms with van der Waals surface area (Å²) in [6.45, 7) is 5.73. The van der Waals surface area contributed by atoms with Crippen molar-refractivity contribution in [1.29, 1.82) is 0 Å². The summed E-state index contributed by atoms with van der Waals surface area (Å²) in [4.78, 5) is -0.194. The minimum Gasteiger partial charge on any atom is -0.286 e. The molecule has 0 amide bonds. The van der Waals surface area contributed by atoms with E-state index in [1.165, 1.54) is 12.1 Å². The molecule has 9 heteroatoms. The van der Waals surface area contributed by atoms with Gasteiger partial charge >= 0.3 is 0 Å². The van der Waals surface area contributed by atoms with Gasteiger partial charge in [0.1, 0.15) is 6.54 Å². The molecule has 22 heavy (non-hydrogen) atoms. The third-order valence-electron chi connectivity index (χ3n) is 3.08. The van der Waals surface area contributed by atoms with Crippen LogP contribution in [-0.2, 0) is 20.2 Å². The number of aryl methyl sites for hydroxylation is 1. The van der Waals surface area contributed by atoms with E-state index in [1.807, 2.05) is 18.4 Å². The Labute approximate surface area is 130 Å². The van der Waals surface area contributed by atoms with E-state index in [-0.39, 0.29) is 17.1 Å². The fourth-order valence-electron chi connectivity index (χ4n) is 2.08. The third kappa shape index (κ3) is 5.48. The molecule has 124 valence electrons. The van der Waals surface area contributed by atoms with E-state index >= 15 is 0 Å². The van der Waals surface area contributed by atoms with E-state index in [9.17, 15) is 16.8 Å². The Balaban J connectivity index is 3.12. The van der Waals surface area contributed by atoms with Crippen molar-refractivity contribution in [3.05, 3.63) is 23.8 Å². The highest BCUT2D eigenvalue weighted by Gasteiger charge is 2.19. The van der Waals surface area contributed by atoms with Crippen molar-refractivity contribution in [2.24, 2.45) is 0 Å². The molecule has 0 unspecified atom stereocenters. The minimum atomic E-state index is -4.26. The number of benzene rings is 1. The Morgan fingerprint density at radius 2 is 1.73 bits per heavy atom. The number of hydrogen-bond donors (Lipinski definition) is 2. The fourth-order valence-corrected chi connectivity index (χ4v) is 3.14. The molecular formula is C13H20NO6S2+. The Kier molecular flexibility index (Phi) is 5.85. The second-order valence-electron chi connectivity index (χ2n) is 5.16. The summed E-state index contributed by atoms with van der Waals surface area (Å²) in [6.07, 6.45) is 0.226. The molecule has 0 saturated carbocycles. The molecule has 1 aromatic rings. The molecule has 0 radical (unpaired) electrons. The first-order valence-corrected chi connectivity index (χ1v) is 9.58. The van der Waals surface area contributed by atoms with Crippen molar-refractivity contribution in [3.8, 4) is 0 Å². The van der Waals surface area contributed by atoms with Gasteiger partial charge in [-0.25, -0.2) is 4.58 Å². The Morgan fingerprint density at radius 3 is 2.14 bits per heavy atom. The van der Waals surface area contributed by atoms with Crippen LogP contribution in [0.5, 0.6) is 0 Å². The summed E-state index contributed by atoms with van der Waals surface area (Å²) in [5, 5.41) is 0. The lowest BCUT2D eigenvalue weighted by Gasteiger charge is -2.08. The average Bonchev–Trinajstić information content (AvgIpc) is 2.32. The molecule has 0 atom stereocenters. The Morgan fingerprint density at radius 1 is 1.14 bits per heavy atom. The second-order valence-corrected chi connectivity index (χ2v) is 8.16. The maximum atomic E-state index is 11.1. The lowest BCUT2D eigenvalue weighted by molar-refractivity contribution is -0.442. The standard InChI is InChI=1S/C13H19NO6S2/c1-10(2)14(7-4-8-21(15,16)17)13-6-5-12(9-11(13)3)22(18,19)20/h5-6,9H,4,7-8H2,1-3H3,(H-,15,16,17,18,19,20)/p+1. The van der Waals surface area contributed by atoms with Gasteiger partial charge in [-0.15, -0.1) is 0 Å². The van der Waals surface area contributed by atoms with Crippen LogP contribution in [0.25, 0.3) is 0 Å². The molecule has 0 saturated heterocycles. The first-order valence-electron chi connectivity index (χ1n) is 6.53. The fraction of sp³-hybridized carbons (Fsp3) is 0.462. The smallest absolute Gasteiger partial charge is 0.286 e. The van der Waals surface area contributed by atoms with Crippen molar-refractivity contribution in [2.75, 3.05) is 12.3 Å². The zero-order valence-electron chi connectivity index (χ0n) is 12.6. The highest BCUT2D eigenvalue weighted by Crippen LogP contribution is 2.22. The predicted molar refractivity (Wildman–Crippen MR) is 83.2 cm³/mol. The molecule has 0 aliphatic heterocycles. The summed E-state index contributed by atoms with van der Waals surface area (Å²) in [5.41, 5.74) is 2.23. The average molecular weight is 350 g/mol. The number of nitrogens with zero attached hydrogens (tertiary/aromatic N) is 1. The molecule has 0 aliphatic carbocycles.